The van der Waals surface area contributed by atoms with Crippen molar-refractivity contribution in [1.82, 2.24) is 10.3 Å². The van der Waals surface area contributed by atoms with E-state index in [0.29, 0.717) is 6.42 Å². The Morgan fingerprint density at radius 1 is 1.18 bits per heavy atom. The van der Waals surface area contributed by atoms with E-state index in [1.807, 2.05) is 18.6 Å². The summed E-state index contributed by atoms with van der Waals surface area (Å²) in [6.45, 7) is 8.36. The van der Waals surface area contributed by atoms with Crippen LogP contribution < -0.4 is 10.2 Å². The number of Topliss-reactive ketones (excluding diaryl/α,β-unsaturated/α-hetero) is 1. The summed E-state index contributed by atoms with van der Waals surface area (Å²) in [5.74, 6) is 0.246. The van der Waals surface area contributed by atoms with Crippen LogP contribution in [0, 0.1) is 5.41 Å². The molecule has 6 heteroatoms. The molecule has 1 aromatic heterocycles. The lowest BCUT2D eigenvalue weighted by Crippen LogP contribution is -2.51. The second kappa shape index (κ2) is 7.62. The highest BCUT2D eigenvalue weighted by Crippen LogP contribution is 2.54. The van der Waals surface area contributed by atoms with Gasteiger partial charge in [0, 0.05) is 54.4 Å². The monoisotopic (exact) mass is 453 g/mol. The average molecular weight is 454 g/mol. The third-order valence-corrected chi connectivity index (χ3v) is 8.03. The zero-order valence-electron chi connectivity index (χ0n) is 20.1. The molecule has 1 aliphatic carbocycles. The highest BCUT2D eigenvalue weighted by Gasteiger charge is 2.53. The van der Waals surface area contributed by atoms with E-state index in [-0.39, 0.29) is 17.4 Å². The standard InChI is InChI=1S/C28H31N5O/c1-4-28(22-16-30-32-26(22)31-23-13-27(2,3)14-24(34)25(23)28)20-6-5-7-21(12-20)33-11-9-18-8-10-29-15-19(18)17-33/h5-8,10,12,15-16,26,31H,4,9,11,13-14,17H2,1-3H3. The van der Waals surface area contributed by atoms with E-state index in [1.54, 1.807) is 0 Å². The maximum Gasteiger partial charge on any atom is 0.164 e. The molecule has 1 N–H and O–H groups in total. The van der Waals surface area contributed by atoms with Gasteiger partial charge in [0.25, 0.3) is 0 Å². The van der Waals surface area contributed by atoms with Crippen molar-refractivity contribution in [2.75, 3.05) is 11.4 Å². The first-order valence-electron chi connectivity index (χ1n) is 12.3. The summed E-state index contributed by atoms with van der Waals surface area (Å²) in [5, 5.41) is 12.3. The molecule has 0 bridgehead atoms. The topological polar surface area (TPSA) is 70.0 Å². The molecule has 3 aliphatic heterocycles. The van der Waals surface area contributed by atoms with Crippen molar-refractivity contribution in [3.8, 4) is 0 Å². The van der Waals surface area contributed by atoms with E-state index in [2.05, 4.69) is 76.5 Å². The number of nitrogens with zero attached hydrogens (tertiary/aromatic N) is 4. The number of benzene rings is 1. The molecule has 0 saturated heterocycles. The van der Waals surface area contributed by atoms with Gasteiger partial charge in [0.15, 0.2) is 11.9 Å². The van der Waals surface area contributed by atoms with Crippen LogP contribution in [-0.4, -0.2) is 23.5 Å². The van der Waals surface area contributed by atoms with Crippen molar-refractivity contribution >= 4 is 11.5 Å². The number of rotatable bonds is 3. The fourth-order valence-electron chi connectivity index (χ4n) is 6.46. The van der Waals surface area contributed by atoms with Gasteiger partial charge < -0.3 is 10.2 Å². The van der Waals surface area contributed by atoms with Crippen LogP contribution in [0.15, 0.2) is 76.0 Å². The smallest absolute Gasteiger partial charge is 0.164 e. The van der Waals surface area contributed by atoms with Crippen LogP contribution in [0.1, 0.15) is 56.7 Å². The summed E-state index contributed by atoms with van der Waals surface area (Å²) >= 11 is 0. The maximum atomic E-state index is 13.7. The van der Waals surface area contributed by atoms with Crippen LogP contribution in [0.25, 0.3) is 0 Å². The molecule has 6 nitrogen and oxygen atoms in total. The highest BCUT2D eigenvalue weighted by atomic mass is 16.1. The normalized spacial score (nSPS) is 27.0. The van der Waals surface area contributed by atoms with Gasteiger partial charge in [-0.15, -0.1) is 0 Å². The van der Waals surface area contributed by atoms with E-state index < -0.39 is 5.41 Å². The highest BCUT2D eigenvalue weighted by molar-refractivity contribution is 6.01. The van der Waals surface area contributed by atoms with Crippen molar-refractivity contribution in [2.24, 2.45) is 15.6 Å². The number of hydrogen-bond acceptors (Lipinski definition) is 6. The number of pyridine rings is 1. The van der Waals surface area contributed by atoms with E-state index >= 15 is 0 Å². The minimum atomic E-state index is -0.506. The SMILES string of the molecule is CCC1(c2cccc(N3CCc4ccncc4C3)c2)C2=CN=NC2NC2=C1C(=O)CC(C)(C)C2. The number of carbonyl (C=O) groups is 1. The molecule has 4 aliphatic rings. The zero-order valence-corrected chi connectivity index (χ0v) is 20.1. The quantitative estimate of drug-likeness (QED) is 0.692. The summed E-state index contributed by atoms with van der Waals surface area (Å²) in [6.07, 6.45) is 8.78. The lowest BCUT2D eigenvalue weighted by molar-refractivity contribution is -0.119. The number of ketones is 1. The van der Waals surface area contributed by atoms with Crippen LogP contribution in [0.3, 0.4) is 0 Å². The Balaban J connectivity index is 1.47. The number of aromatic nitrogens is 1. The first-order valence-corrected chi connectivity index (χ1v) is 12.3. The lowest BCUT2D eigenvalue weighted by atomic mass is 9.59. The average Bonchev–Trinajstić information content (AvgIpc) is 3.30. The molecule has 0 spiro atoms. The molecule has 0 fully saturated rings. The Labute approximate surface area is 200 Å². The zero-order chi connectivity index (χ0) is 23.5. The van der Waals surface area contributed by atoms with Gasteiger partial charge in [-0.2, -0.15) is 10.2 Å². The summed E-state index contributed by atoms with van der Waals surface area (Å²) in [4.78, 5) is 20.5. The van der Waals surface area contributed by atoms with Crippen molar-refractivity contribution in [3.63, 3.8) is 0 Å². The van der Waals surface area contributed by atoms with Gasteiger partial charge >= 0.3 is 0 Å². The van der Waals surface area contributed by atoms with Crippen LogP contribution in [0.4, 0.5) is 5.69 Å². The molecule has 2 aromatic rings. The third-order valence-electron chi connectivity index (χ3n) is 8.03. The van der Waals surface area contributed by atoms with E-state index in [0.717, 1.165) is 54.8 Å². The minimum absolute atomic E-state index is 0.0591. The first-order chi connectivity index (χ1) is 16.4. The second-order valence-corrected chi connectivity index (χ2v) is 10.8. The molecule has 4 heterocycles. The van der Waals surface area contributed by atoms with E-state index in [9.17, 15) is 4.79 Å². The number of nitrogens with one attached hydrogen (secondary N) is 1. The molecular weight excluding hydrogens is 422 g/mol. The van der Waals surface area contributed by atoms with E-state index in [4.69, 9.17) is 0 Å². The predicted molar refractivity (Wildman–Crippen MR) is 132 cm³/mol. The number of allylic oxidation sites excluding steroid dienone is 2. The summed E-state index contributed by atoms with van der Waals surface area (Å²) in [6, 6.07) is 10.9. The summed E-state index contributed by atoms with van der Waals surface area (Å²) in [7, 11) is 0. The van der Waals surface area contributed by atoms with Gasteiger partial charge in [0.1, 0.15) is 0 Å². The van der Waals surface area contributed by atoms with Crippen molar-refractivity contribution in [2.45, 2.75) is 64.6 Å². The third kappa shape index (κ3) is 3.15. The lowest BCUT2D eigenvalue weighted by Gasteiger charge is -2.48. The van der Waals surface area contributed by atoms with Crippen LogP contribution in [0.2, 0.25) is 0 Å². The van der Waals surface area contributed by atoms with Gasteiger partial charge in [-0.05, 0) is 59.6 Å². The van der Waals surface area contributed by atoms with Crippen molar-refractivity contribution < 1.29 is 4.79 Å². The summed E-state index contributed by atoms with van der Waals surface area (Å²) < 4.78 is 0. The molecule has 34 heavy (non-hydrogen) atoms. The Bertz CT molecular complexity index is 1270. The van der Waals surface area contributed by atoms with Crippen LogP contribution in [0.5, 0.6) is 0 Å². The molecule has 2 unspecified atom stereocenters. The van der Waals surface area contributed by atoms with Crippen molar-refractivity contribution in [3.05, 3.63) is 82.5 Å². The Kier molecular flexibility index (Phi) is 4.77. The first kappa shape index (κ1) is 21.3. The molecule has 1 aromatic carbocycles. The Morgan fingerprint density at radius 3 is 2.91 bits per heavy atom. The van der Waals surface area contributed by atoms with Gasteiger partial charge in [-0.1, -0.05) is 32.9 Å². The van der Waals surface area contributed by atoms with Gasteiger partial charge in [-0.3, -0.25) is 9.78 Å². The molecule has 174 valence electrons. The van der Waals surface area contributed by atoms with E-state index in [1.165, 1.54) is 16.8 Å². The Morgan fingerprint density at radius 2 is 2.06 bits per heavy atom. The molecule has 0 saturated carbocycles. The van der Waals surface area contributed by atoms with Gasteiger partial charge in [-0.25, -0.2) is 0 Å². The number of hydrogen-bond donors (Lipinski definition) is 1. The van der Waals surface area contributed by atoms with Gasteiger partial charge in [0.05, 0.1) is 11.6 Å². The fourth-order valence-corrected chi connectivity index (χ4v) is 6.46. The predicted octanol–water partition coefficient (Wildman–Crippen LogP) is 5.21. The minimum Gasteiger partial charge on any atom is -0.367 e. The van der Waals surface area contributed by atoms with Crippen LogP contribution >= 0.6 is 0 Å². The van der Waals surface area contributed by atoms with Gasteiger partial charge in [0.2, 0.25) is 0 Å². The van der Waals surface area contributed by atoms with Crippen molar-refractivity contribution in [1.29, 1.82) is 0 Å². The number of anilines is 1. The Hall–Kier alpha value is -3.28. The molecule has 0 radical (unpaired) electrons. The molecule has 6 rings (SSSR count). The number of azo groups is 1. The van der Waals surface area contributed by atoms with Crippen LogP contribution in [-0.2, 0) is 23.2 Å². The fraction of sp³-hybridized carbons (Fsp3) is 0.429. The number of fused-ring (bicyclic) bond motifs is 2. The molecular formula is C28H31N5O. The maximum absolute atomic E-state index is 13.7. The second-order valence-electron chi connectivity index (χ2n) is 10.8. The molecule has 0 amide bonds. The number of carbonyl (C=O) groups excluding carboxylic acids is 1. The summed E-state index contributed by atoms with van der Waals surface area (Å²) in [5.41, 5.74) is 7.53. The largest absolute Gasteiger partial charge is 0.367 e. The molecule has 2 atom stereocenters.